The van der Waals surface area contributed by atoms with Crippen LogP contribution in [0.2, 0.25) is 0 Å². The molecule has 0 fully saturated rings. The van der Waals surface area contributed by atoms with Gasteiger partial charge in [-0.05, 0) is 43.8 Å². The predicted molar refractivity (Wildman–Crippen MR) is 82.7 cm³/mol. The molecule has 0 saturated carbocycles. The average Bonchev–Trinajstić information content (AvgIpc) is 2.44. The maximum absolute atomic E-state index is 5.99. The van der Waals surface area contributed by atoms with Gasteiger partial charge in [-0.25, -0.2) is 0 Å². The van der Waals surface area contributed by atoms with Crippen molar-refractivity contribution in [3.05, 3.63) is 58.6 Å². The standard InChI is InChI=1S/C16H18BrNO/c1-3-15(18-2)14-6-4-5-7-16(14)19-13-10-8-12(17)9-11-13/h4-11,15,18H,3H2,1-2H3. The molecular weight excluding hydrogens is 302 g/mol. The molecule has 2 aromatic rings. The van der Waals surface area contributed by atoms with Crippen molar-refractivity contribution in [1.29, 1.82) is 0 Å². The minimum absolute atomic E-state index is 0.312. The fraction of sp³-hybridized carbons (Fsp3) is 0.250. The molecule has 0 heterocycles. The van der Waals surface area contributed by atoms with Gasteiger partial charge in [-0.1, -0.05) is 41.1 Å². The quantitative estimate of drug-likeness (QED) is 0.845. The Bertz CT molecular complexity index is 521. The van der Waals surface area contributed by atoms with E-state index in [1.165, 1.54) is 5.56 Å². The van der Waals surface area contributed by atoms with Gasteiger partial charge in [0.25, 0.3) is 0 Å². The van der Waals surface area contributed by atoms with Crippen molar-refractivity contribution in [2.24, 2.45) is 0 Å². The van der Waals surface area contributed by atoms with Gasteiger partial charge in [0.15, 0.2) is 0 Å². The van der Waals surface area contributed by atoms with Crippen LogP contribution in [0.5, 0.6) is 11.5 Å². The summed E-state index contributed by atoms with van der Waals surface area (Å²) in [4.78, 5) is 0. The van der Waals surface area contributed by atoms with Crippen LogP contribution in [-0.2, 0) is 0 Å². The monoisotopic (exact) mass is 319 g/mol. The third-order valence-electron chi connectivity index (χ3n) is 3.09. The van der Waals surface area contributed by atoms with E-state index in [-0.39, 0.29) is 0 Å². The lowest BCUT2D eigenvalue weighted by Gasteiger charge is -2.18. The Kier molecular flexibility index (Phi) is 5.00. The summed E-state index contributed by atoms with van der Waals surface area (Å²) in [5.41, 5.74) is 1.19. The van der Waals surface area contributed by atoms with Gasteiger partial charge in [0.2, 0.25) is 0 Å². The Morgan fingerprint density at radius 2 is 1.79 bits per heavy atom. The Morgan fingerprint density at radius 3 is 2.42 bits per heavy atom. The summed E-state index contributed by atoms with van der Waals surface area (Å²) in [5.74, 6) is 1.76. The van der Waals surface area contributed by atoms with Crippen LogP contribution < -0.4 is 10.1 Å². The van der Waals surface area contributed by atoms with Gasteiger partial charge >= 0.3 is 0 Å². The number of halogens is 1. The molecule has 0 radical (unpaired) electrons. The molecule has 0 bridgehead atoms. The first kappa shape index (κ1) is 14.1. The molecule has 0 amide bonds. The average molecular weight is 320 g/mol. The van der Waals surface area contributed by atoms with Gasteiger partial charge in [0, 0.05) is 16.1 Å². The van der Waals surface area contributed by atoms with E-state index in [4.69, 9.17) is 4.74 Å². The third kappa shape index (κ3) is 3.58. The SMILES string of the molecule is CCC(NC)c1ccccc1Oc1ccc(Br)cc1. The number of benzene rings is 2. The maximum Gasteiger partial charge on any atom is 0.132 e. The van der Waals surface area contributed by atoms with Gasteiger partial charge in [-0.15, -0.1) is 0 Å². The van der Waals surface area contributed by atoms with Crippen LogP contribution in [-0.4, -0.2) is 7.05 Å². The molecule has 100 valence electrons. The summed E-state index contributed by atoms with van der Waals surface area (Å²) in [5, 5.41) is 3.32. The number of nitrogens with one attached hydrogen (secondary N) is 1. The maximum atomic E-state index is 5.99. The number of rotatable bonds is 5. The molecule has 0 saturated heterocycles. The van der Waals surface area contributed by atoms with Crippen LogP contribution in [0.1, 0.15) is 24.9 Å². The van der Waals surface area contributed by atoms with Crippen molar-refractivity contribution >= 4 is 15.9 Å². The smallest absolute Gasteiger partial charge is 0.132 e. The number of hydrogen-bond acceptors (Lipinski definition) is 2. The highest BCUT2D eigenvalue weighted by molar-refractivity contribution is 9.10. The Morgan fingerprint density at radius 1 is 1.11 bits per heavy atom. The molecule has 1 N–H and O–H groups in total. The molecule has 2 aromatic carbocycles. The van der Waals surface area contributed by atoms with Gasteiger partial charge in [-0.3, -0.25) is 0 Å². The lowest BCUT2D eigenvalue weighted by molar-refractivity contribution is 0.459. The molecular formula is C16H18BrNO. The van der Waals surface area contributed by atoms with Crippen LogP contribution >= 0.6 is 15.9 Å². The van der Waals surface area contributed by atoms with E-state index in [2.05, 4.69) is 34.2 Å². The Labute approximate surface area is 122 Å². The summed E-state index contributed by atoms with van der Waals surface area (Å²) in [6, 6.07) is 16.4. The summed E-state index contributed by atoms with van der Waals surface area (Å²) in [6.07, 6.45) is 1.03. The first-order valence-corrected chi connectivity index (χ1v) is 7.23. The summed E-state index contributed by atoms with van der Waals surface area (Å²) in [6.45, 7) is 2.16. The van der Waals surface area contributed by atoms with E-state index >= 15 is 0 Å². The van der Waals surface area contributed by atoms with Crippen LogP contribution in [0, 0.1) is 0 Å². The molecule has 0 aliphatic rings. The van der Waals surface area contributed by atoms with Gasteiger partial charge in [-0.2, -0.15) is 0 Å². The first-order valence-electron chi connectivity index (χ1n) is 6.44. The molecule has 2 rings (SSSR count). The highest BCUT2D eigenvalue weighted by Gasteiger charge is 2.12. The van der Waals surface area contributed by atoms with E-state index in [1.54, 1.807) is 0 Å². The molecule has 0 spiro atoms. The van der Waals surface area contributed by atoms with Crippen molar-refractivity contribution in [3.63, 3.8) is 0 Å². The Balaban J connectivity index is 2.27. The zero-order chi connectivity index (χ0) is 13.7. The second-order valence-corrected chi connectivity index (χ2v) is 5.26. The minimum Gasteiger partial charge on any atom is -0.457 e. The highest BCUT2D eigenvalue weighted by atomic mass is 79.9. The van der Waals surface area contributed by atoms with Crippen molar-refractivity contribution in [3.8, 4) is 11.5 Å². The molecule has 1 atom stereocenters. The molecule has 0 aliphatic heterocycles. The van der Waals surface area contributed by atoms with Crippen LogP contribution in [0.25, 0.3) is 0 Å². The first-order chi connectivity index (χ1) is 9.24. The lowest BCUT2D eigenvalue weighted by Crippen LogP contribution is -2.15. The summed E-state index contributed by atoms with van der Waals surface area (Å²) in [7, 11) is 1.98. The molecule has 1 unspecified atom stereocenters. The highest BCUT2D eigenvalue weighted by Crippen LogP contribution is 2.31. The second-order valence-electron chi connectivity index (χ2n) is 4.34. The van der Waals surface area contributed by atoms with E-state index in [1.807, 2.05) is 49.5 Å². The van der Waals surface area contributed by atoms with E-state index < -0.39 is 0 Å². The Hall–Kier alpha value is -1.32. The van der Waals surface area contributed by atoms with Crippen LogP contribution in [0.15, 0.2) is 53.0 Å². The van der Waals surface area contributed by atoms with Crippen molar-refractivity contribution < 1.29 is 4.74 Å². The van der Waals surface area contributed by atoms with Crippen LogP contribution in [0.4, 0.5) is 0 Å². The van der Waals surface area contributed by atoms with Crippen molar-refractivity contribution in [2.75, 3.05) is 7.05 Å². The van der Waals surface area contributed by atoms with E-state index in [0.29, 0.717) is 6.04 Å². The molecule has 0 aliphatic carbocycles. The zero-order valence-corrected chi connectivity index (χ0v) is 12.8. The fourth-order valence-corrected chi connectivity index (χ4v) is 2.33. The topological polar surface area (TPSA) is 21.3 Å². The fourth-order valence-electron chi connectivity index (χ4n) is 2.07. The van der Waals surface area contributed by atoms with Crippen molar-refractivity contribution in [2.45, 2.75) is 19.4 Å². The second kappa shape index (κ2) is 6.73. The van der Waals surface area contributed by atoms with Crippen molar-refractivity contribution in [1.82, 2.24) is 5.32 Å². The van der Waals surface area contributed by atoms with Gasteiger partial charge in [0.1, 0.15) is 11.5 Å². The van der Waals surface area contributed by atoms with Gasteiger partial charge < -0.3 is 10.1 Å². The van der Waals surface area contributed by atoms with Crippen LogP contribution in [0.3, 0.4) is 0 Å². The van der Waals surface area contributed by atoms with E-state index in [9.17, 15) is 0 Å². The van der Waals surface area contributed by atoms with Gasteiger partial charge in [0.05, 0.1) is 0 Å². The minimum atomic E-state index is 0.312. The summed E-state index contributed by atoms with van der Waals surface area (Å²) >= 11 is 3.43. The summed E-state index contributed by atoms with van der Waals surface area (Å²) < 4.78 is 7.04. The number of ether oxygens (including phenoxy) is 1. The largest absolute Gasteiger partial charge is 0.457 e. The normalized spacial score (nSPS) is 12.2. The van der Waals surface area contributed by atoms with E-state index in [0.717, 1.165) is 22.4 Å². The molecule has 0 aromatic heterocycles. The predicted octanol–water partition coefficient (Wildman–Crippen LogP) is 4.91. The molecule has 2 nitrogen and oxygen atoms in total. The number of hydrogen-bond donors (Lipinski definition) is 1. The lowest BCUT2D eigenvalue weighted by atomic mass is 10.0. The number of para-hydroxylation sites is 1. The molecule has 19 heavy (non-hydrogen) atoms. The molecule has 3 heteroatoms. The zero-order valence-electron chi connectivity index (χ0n) is 11.2. The third-order valence-corrected chi connectivity index (χ3v) is 3.62.